The number of benzene rings is 2. The third-order valence-electron chi connectivity index (χ3n) is 11.4. The summed E-state index contributed by atoms with van der Waals surface area (Å²) in [7, 11) is 0. The third kappa shape index (κ3) is 12.2. The number of fused-ring (bicyclic) bond motifs is 2. The summed E-state index contributed by atoms with van der Waals surface area (Å²) in [6.45, 7) is 5.63. The van der Waals surface area contributed by atoms with Crippen molar-refractivity contribution in [2.75, 3.05) is 40.0 Å². The van der Waals surface area contributed by atoms with Crippen molar-refractivity contribution in [2.45, 2.75) is 116 Å². The summed E-state index contributed by atoms with van der Waals surface area (Å²) in [6.07, 6.45) is -17.7. The van der Waals surface area contributed by atoms with E-state index in [4.69, 9.17) is 75.8 Å². The zero-order chi connectivity index (χ0) is 50.4. The van der Waals surface area contributed by atoms with Crippen molar-refractivity contribution in [3.05, 3.63) is 47.5 Å². The molecular weight excluding hydrogens is 936 g/mol. The van der Waals surface area contributed by atoms with E-state index in [0.29, 0.717) is 28.6 Å². The quantitative estimate of drug-likeness (QED) is 0.124. The van der Waals surface area contributed by atoms with Gasteiger partial charge >= 0.3 is 41.8 Å². The van der Waals surface area contributed by atoms with Gasteiger partial charge in [0.2, 0.25) is 13.6 Å². The molecule has 2 aromatic carbocycles. The monoisotopic (exact) mass is 988 g/mol. The van der Waals surface area contributed by atoms with E-state index < -0.39 is 141 Å². The zero-order valence-corrected chi connectivity index (χ0v) is 39.0. The highest BCUT2D eigenvalue weighted by Crippen LogP contribution is 2.45. The van der Waals surface area contributed by atoms with Gasteiger partial charge < -0.3 is 75.8 Å². The number of carbonyl (C=O) groups is 8. The Bertz CT molecular complexity index is 2310. The van der Waals surface area contributed by atoms with Gasteiger partial charge in [-0.2, -0.15) is 0 Å². The minimum atomic E-state index is -1.92. The molecule has 24 nitrogen and oxygen atoms in total. The predicted octanol–water partition coefficient (Wildman–Crippen LogP) is 1.97. The third-order valence-corrected chi connectivity index (χ3v) is 11.4. The average Bonchev–Trinajstić information content (AvgIpc) is 4.06. The van der Waals surface area contributed by atoms with E-state index in [-0.39, 0.29) is 31.5 Å². The maximum absolute atomic E-state index is 14.5. The second kappa shape index (κ2) is 22.4. The number of ketones is 1. The molecule has 13 atom stereocenters. The van der Waals surface area contributed by atoms with Gasteiger partial charge in [0, 0.05) is 59.9 Å². The fourth-order valence-electron chi connectivity index (χ4n) is 8.65. The SMILES string of the molecule is CC(=O)OC[C@H]1O[C@@H](O[C@H]2[C@H](OC[C@H]3[C@@H](C(=O)c4ccc5c(c4)OCO5)CO[C@@H]3c3ccc4c(c3)OCO4)O[C@H](COC(C)=O)[C@@H](OC(C)=O)[C@@H]2OC(C)=O)[C@H](OC(C)=O)[C@@H](OC(C)=O)[C@@H]1OC(C)=O. The van der Waals surface area contributed by atoms with Crippen molar-refractivity contribution in [1.82, 2.24) is 0 Å². The second-order valence-electron chi connectivity index (χ2n) is 16.6. The summed E-state index contributed by atoms with van der Waals surface area (Å²) in [6, 6.07) is 9.87. The minimum absolute atomic E-state index is 0.0195. The number of hydrogen-bond donors (Lipinski definition) is 0. The summed E-state index contributed by atoms with van der Waals surface area (Å²) >= 11 is 0. The van der Waals surface area contributed by atoms with Gasteiger partial charge in [-0.25, -0.2) is 0 Å². The van der Waals surface area contributed by atoms with Gasteiger partial charge in [0.25, 0.3) is 0 Å². The zero-order valence-electron chi connectivity index (χ0n) is 39.0. The van der Waals surface area contributed by atoms with Crippen LogP contribution in [0.1, 0.15) is 70.5 Å². The first-order valence-electron chi connectivity index (χ1n) is 22.0. The Kier molecular flexibility index (Phi) is 16.4. The first-order valence-corrected chi connectivity index (χ1v) is 22.0. The lowest BCUT2D eigenvalue weighted by Gasteiger charge is -2.48. The van der Waals surface area contributed by atoms with Crippen LogP contribution in [-0.4, -0.2) is 149 Å². The van der Waals surface area contributed by atoms with Crippen molar-refractivity contribution in [3.8, 4) is 23.0 Å². The van der Waals surface area contributed by atoms with E-state index in [1.807, 2.05) is 0 Å². The largest absolute Gasteiger partial charge is 0.463 e. The number of carbonyl (C=O) groups excluding carboxylic acids is 8. The van der Waals surface area contributed by atoms with Crippen molar-refractivity contribution in [1.29, 1.82) is 0 Å². The normalized spacial score (nSPS) is 29.5. The van der Waals surface area contributed by atoms with Crippen LogP contribution in [0.15, 0.2) is 36.4 Å². The summed E-state index contributed by atoms with van der Waals surface area (Å²) in [5, 5.41) is 0. The Hall–Kier alpha value is -6.60. The molecule has 7 rings (SSSR count). The number of Topliss-reactive ketones (excluding diaryl/α,β-unsaturated/α-hetero) is 1. The van der Waals surface area contributed by atoms with Gasteiger partial charge in [-0.15, -0.1) is 0 Å². The van der Waals surface area contributed by atoms with Crippen LogP contribution in [0.25, 0.3) is 0 Å². The molecule has 70 heavy (non-hydrogen) atoms. The molecule has 3 fully saturated rings. The van der Waals surface area contributed by atoms with Crippen molar-refractivity contribution in [3.63, 3.8) is 0 Å². The molecule has 5 aliphatic rings. The van der Waals surface area contributed by atoms with Gasteiger partial charge in [0.15, 0.2) is 78.0 Å². The molecule has 0 aliphatic carbocycles. The lowest BCUT2D eigenvalue weighted by molar-refractivity contribution is -0.369. The van der Waals surface area contributed by atoms with Gasteiger partial charge in [-0.05, 0) is 35.9 Å². The molecule has 0 bridgehead atoms. The summed E-state index contributed by atoms with van der Waals surface area (Å²) in [5.74, 6) is -6.57. The first kappa shape index (κ1) is 51.3. The van der Waals surface area contributed by atoms with Gasteiger partial charge in [0.05, 0.1) is 25.2 Å². The Balaban J connectivity index is 1.30. The van der Waals surface area contributed by atoms with E-state index in [1.165, 1.54) is 0 Å². The van der Waals surface area contributed by atoms with E-state index >= 15 is 0 Å². The Morgan fingerprint density at radius 2 is 0.971 bits per heavy atom. The van der Waals surface area contributed by atoms with E-state index in [2.05, 4.69) is 0 Å². The van der Waals surface area contributed by atoms with Crippen molar-refractivity contribution < 1.29 is 114 Å². The topological polar surface area (TPSA) is 284 Å². The highest BCUT2D eigenvalue weighted by molar-refractivity contribution is 5.99. The molecule has 380 valence electrons. The smallest absolute Gasteiger partial charge is 0.303 e. The van der Waals surface area contributed by atoms with Crippen LogP contribution in [-0.2, 0) is 90.4 Å². The van der Waals surface area contributed by atoms with Crippen LogP contribution >= 0.6 is 0 Å². The van der Waals surface area contributed by atoms with E-state index in [1.54, 1.807) is 36.4 Å². The highest BCUT2D eigenvalue weighted by atomic mass is 16.8. The van der Waals surface area contributed by atoms with Crippen molar-refractivity contribution in [2.24, 2.45) is 11.8 Å². The molecule has 0 N–H and O–H groups in total. The number of rotatable bonds is 17. The van der Waals surface area contributed by atoms with E-state index in [9.17, 15) is 38.4 Å². The lowest BCUT2D eigenvalue weighted by atomic mass is 9.83. The fourth-order valence-corrected chi connectivity index (χ4v) is 8.65. The predicted molar refractivity (Wildman–Crippen MR) is 224 cm³/mol. The van der Waals surface area contributed by atoms with Crippen LogP contribution in [0.2, 0.25) is 0 Å². The van der Waals surface area contributed by atoms with Gasteiger partial charge in [-0.1, -0.05) is 6.07 Å². The maximum Gasteiger partial charge on any atom is 0.303 e. The van der Waals surface area contributed by atoms with E-state index in [0.717, 1.165) is 48.5 Å². The molecule has 5 heterocycles. The Labute approximate surface area is 399 Å². The summed E-state index contributed by atoms with van der Waals surface area (Å²) in [5.41, 5.74) is 0.850. The molecule has 0 spiro atoms. The molecule has 0 radical (unpaired) electrons. The lowest BCUT2D eigenvalue weighted by Crippen LogP contribution is -2.67. The first-order chi connectivity index (χ1) is 33.4. The second-order valence-corrected chi connectivity index (χ2v) is 16.6. The molecule has 0 saturated carbocycles. The average molecular weight is 989 g/mol. The number of hydrogen-bond acceptors (Lipinski definition) is 24. The maximum atomic E-state index is 14.5. The van der Waals surface area contributed by atoms with Crippen LogP contribution in [0.5, 0.6) is 23.0 Å². The molecule has 3 saturated heterocycles. The molecule has 0 aromatic heterocycles. The fraction of sp³-hybridized carbons (Fsp3) is 0.565. The summed E-state index contributed by atoms with van der Waals surface area (Å²) < 4.78 is 93.1. The molecule has 5 aliphatic heterocycles. The van der Waals surface area contributed by atoms with Gasteiger partial charge in [0.1, 0.15) is 25.4 Å². The molecular formula is C46H52O24. The van der Waals surface area contributed by atoms with Crippen LogP contribution in [0.4, 0.5) is 0 Å². The highest BCUT2D eigenvalue weighted by Gasteiger charge is 2.58. The van der Waals surface area contributed by atoms with Crippen molar-refractivity contribution >= 4 is 47.6 Å². The molecule has 2 aromatic rings. The number of esters is 7. The molecule has 0 amide bonds. The number of ether oxygens (including phenoxy) is 16. The minimum Gasteiger partial charge on any atom is -0.463 e. The Morgan fingerprint density at radius 1 is 0.500 bits per heavy atom. The van der Waals surface area contributed by atoms with Crippen LogP contribution < -0.4 is 18.9 Å². The van der Waals surface area contributed by atoms with Gasteiger partial charge in [-0.3, -0.25) is 38.4 Å². The molecule has 24 heteroatoms. The molecule has 0 unspecified atom stereocenters. The van der Waals surface area contributed by atoms with Crippen LogP contribution in [0.3, 0.4) is 0 Å². The summed E-state index contributed by atoms with van der Waals surface area (Å²) in [4.78, 5) is 102. The van der Waals surface area contributed by atoms with Crippen LogP contribution in [0, 0.1) is 11.8 Å². The Morgan fingerprint density at radius 3 is 1.51 bits per heavy atom. The standard InChI is InChI=1S/C46H52O24/c1-20(47)55-16-35-39(63-22(3)49)41(65-24(5)51)43(70-46-44(67-26(7)53)42(66-25(6)52)40(64-23(4)50)36(69-46)17-56-21(2)48)45(68-35)58-15-30-29(37(54)27-8-10-31-33(12-27)61-18-59-31)14-57-38(30)28-9-11-32-34(13-28)62-19-60-32/h8-13,29-30,35-36,38-46H,14-19H2,1-7H3/t29-,30-,35+,36+,38+,39+,40+,41-,42-,43+,44+,45+,46-/m0/s1.